The Morgan fingerprint density at radius 2 is 1.60 bits per heavy atom. The Kier molecular flexibility index (Phi) is 4.59. The molecule has 0 saturated heterocycles. The van der Waals surface area contributed by atoms with Crippen molar-refractivity contribution in [3.8, 4) is 27.6 Å². The minimum atomic E-state index is -0.424. The standard InChI is InChI=1S/C20H20N2O2S/c1-20(2,3)19(24)21-15-8-4-13(5-9-15)17-12-25-18(22-17)14-6-10-16(23)11-7-14/h4-12,23H,1-3H3,(H,21,24). The lowest BCUT2D eigenvalue weighted by molar-refractivity contribution is -0.123. The van der Waals surface area contributed by atoms with Crippen LogP contribution in [0.15, 0.2) is 53.9 Å². The summed E-state index contributed by atoms with van der Waals surface area (Å²) in [6.45, 7) is 5.66. The quantitative estimate of drug-likeness (QED) is 0.684. The van der Waals surface area contributed by atoms with Crippen LogP contribution in [-0.4, -0.2) is 16.0 Å². The van der Waals surface area contributed by atoms with Gasteiger partial charge in [0, 0.05) is 27.6 Å². The number of aromatic hydroxyl groups is 1. The SMILES string of the molecule is CC(C)(C)C(=O)Nc1ccc(-c2csc(-c3ccc(O)cc3)n2)cc1. The third kappa shape index (κ3) is 4.06. The molecule has 1 aromatic heterocycles. The van der Waals surface area contributed by atoms with Gasteiger partial charge in [0.25, 0.3) is 0 Å². The van der Waals surface area contributed by atoms with E-state index in [0.29, 0.717) is 0 Å². The number of carbonyl (C=O) groups excluding carboxylic acids is 1. The molecule has 0 fully saturated rings. The van der Waals surface area contributed by atoms with Crippen LogP contribution in [0, 0.1) is 5.41 Å². The van der Waals surface area contributed by atoms with E-state index in [0.717, 1.165) is 27.5 Å². The van der Waals surface area contributed by atoms with E-state index in [1.807, 2.05) is 62.5 Å². The highest BCUT2D eigenvalue weighted by Gasteiger charge is 2.21. The Morgan fingerprint density at radius 1 is 1.00 bits per heavy atom. The second kappa shape index (κ2) is 6.69. The third-order valence-corrected chi connectivity index (χ3v) is 4.63. The zero-order valence-electron chi connectivity index (χ0n) is 14.4. The van der Waals surface area contributed by atoms with Gasteiger partial charge in [-0.1, -0.05) is 32.9 Å². The largest absolute Gasteiger partial charge is 0.508 e. The molecule has 0 bridgehead atoms. The fourth-order valence-corrected chi connectivity index (χ4v) is 3.02. The van der Waals surface area contributed by atoms with Gasteiger partial charge < -0.3 is 10.4 Å². The van der Waals surface area contributed by atoms with Gasteiger partial charge in [-0.15, -0.1) is 11.3 Å². The smallest absolute Gasteiger partial charge is 0.229 e. The first kappa shape index (κ1) is 17.2. The van der Waals surface area contributed by atoms with E-state index in [9.17, 15) is 9.90 Å². The second-order valence-corrected chi connectivity index (χ2v) is 7.72. The first-order valence-electron chi connectivity index (χ1n) is 8.00. The van der Waals surface area contributed by atoms with Crippen molar-refractivity contribution in [1.29, 1.82) is 0 Å². The molecule has 3 rings (SSSR count). The monoisotopic (exact) mass is 352 g/mol. The molecule has 0 aliphatic carbocycles. The molecule has 0 unspecified atom stereocenters. The number of carbonyl (C=O) groups is 1. The molecule has 0 atom stereocenters. The Bertz CT molecular complexity index is 875. The Morgan fingerprint density at radius 3 is 2.20 bits per heavy atom. The van der Waals surface area contributed by atoms with E-state index >= 15 is 0 Å². The van der Waals surface area contributed by atoms with Gasteiger partial charge in [0.15, 0.2) is 0 Å². The van der Waals surface area contributed by atoms with Crippen molar-refractivity contribution in [3.63, 3.8) is 0 Å². The highest BCUT2D eigenvalue weighted by molar-refractivity contribution is 7.13. The molecule has 2 aromatic carbocycles. The average Bonchev–Trinajstić information content (AvgIpc) is 3.05. The van der Waals surface area contributed by atoms with Gasteiger partial charge in [0.1, 0.15) is 10.8 Å². The van der Waals surface area contributed by atoms with E-state index in [4.69, 9.17) is 0 Å². The number of nitrogens with zero attached hydrogens (tertiary/aromatic N) is 1. The molecule has 3 aromatic rings. The maximum atomic E-state index is 12.0. The highest BCUT2D eigenvalue weighted by Crippen LogP contribution is 2.30. The number of thiazole rings is 1. The molecule has 128 valence electrons. The highest BCUT2D eigenvalue weighted by atomic mass is 32.1. The van der Waals surface area contributed by atoms with Gasteiger partial charge in [-0.3, -0.25) is 4.79 Å². The number of phenols is 1. The zero-order chi connectivity index (χ0) is 18.0. The molecule has 0 aliphatic rings. The van der Waals surface area contributed by atoms with Gasteiger partial charge in [0.05, 0.1) is 5.69 Å². The zero-order valence-corrected chi connectivity index (χ0v) is 15.2. The molecular formula is C20H20N2O2S. The molecule has 2 N–H and O–H groups in total. The van der Waals surface area contributed by atoms with Gasteiger partial charge in [0.2, 0.25) is 5.91 Å². The minimum Gasteiger partial charge on any atom is -0.508 e. The summed E-state index contributed by atoms with van der Waals surface area (Å²) in [6.07, 6.45) is 0. The Balaban J connectivity index is 1.77. The van der Waals surface area contributed by atoms with E-state index in [-0.39, 0.29) is 11.7 Å². The molecule has 1 amide bonds. The van der Waals surface area contributed by atoms with Crippen LogP contribution in [0.1, 0.15) is 20.8 Å². The minimum absolute atomic E-state index is 0.0106. The number of hydrogen-bond donors (Lipinski definition) is 2. The number of nitrogens with one attached hydrogen (secondary N) is 1. The maximum absolute atomic E-state index is 12.0. The number of aromatic nitrogens is 1. The average molecular weight is 352 g/mol. The van der Waals surface area contributed by atoms with Crippen LogP contribution in [0.4, 0.5) is 5.69 Å². The van der Waals surface area contributed by atoms with Crippen molar-refractivity contribution in [2.45, 2.75) is 20.8 Å². The van der Waals surface area contributed by atoms with Crippen molar-refractivity contribution >= 4 is 22.9 Å². The fourth-order valence-electron chi connectivity index (χ4n) is 2.19. The summed E-state index contributed by atoms with van der Waals surface area (Å²) in [5.74, 6) is 0.233. The number of amides is 1. The van der Waals surface area contributed by atoms with Crippen molar-refractivity contribution in [2.24, 2.45) is 5.41 Å². The summed E-state index contributed by atoms with van der Waals surface area (Å²) in [5, 5.41) is 15.2. The van der Waals surface area contributed by atoms with Gasteiger partial charge >= 0.3 is 0 Å². The van der Waals surface area contributed by atoms with E-state index in [2.05, 4.69) is 10.3 Å². The Labute approximate surface area is 151 Å². The fraction of sp³-hybridized carbons (Fsp3) is 0.200. The lowest BCUT2D eigenvalue weighted by Crippen LogP contribution is -2.27. The molecule has 1 heterocycles. The number of rotatable bonds is 3. The summed E-state index contributed by atoms with van der Waals surface area (Å²) in [5.41, 5.74) is 3.21. The predicted molar refractivity (Wildman–Crippen MR) is 103 cm³/mol. The lowest BCUT2D eigenvalue weighted by Gasteiger charge is -2.17. The molecule has 25 heavy (non-hydrogen) atoms. The van der Waals surface area contributed by atoms with Gasteiger partial charge in [-0.25, -0.2) is 4.98 Å². The molecule has 0 spiro atoms. The number of phenolic OH excluding ortho intramolecular Hbond substituents is 1. The van der Waals surface area contributed by atoms with Crippen molar-refractivity contribution in [2.75, 3.05) is 5.32 Å². The summed E-state index contributed by atoms with van der Waals surface area (Å²) < 4.78 is 0. The predicted octanol–water partition coefficient (Wildman–Crippen LogP) is 5.17. The van der Waals surface area contributed by atoms with Gasteiger partial charge in [-0.05, 0) is 36.4 Å². The summed E-state index contributed by atoms with van der Waals surface area (Å²) in [7, 11) is 0. The van der Waals surface area contributed by atoms with Crippen molar-refractivity contribution < 1.29 is 9.90 Å². The second-order valence-electron chi connectivity index (χ2n) is 6.87. The van der Waals surface area contributed by atoms with Crippen LogP contribution >= 0.6 is 11.3 Å². The van der Waals surface area contributed by atoms with Crippen LogP contribution in [0.5, 0.6) is 5.75 Å². The van der Waals surface area contributed by atoms with Crippen LogP contribution in [0.2, 0.25) is 0 Å². The summed E-state index contributed by atoms with van der Waals surface area (Å²) in [4.78, 5) is 16.7. The van der Waals surface area contributed by atoms with Crippen LogP contribution in [0.3, 0.4) is 0 Å². The Hall–Kier alpha value is -2.66. The van der Waals surface area contributed by atoms with Crippen LogP contribution in [-0.2, 0) is 4.79 Å². The molecule has 4 nitrogen and oxygen atoms in total. The van der Waals surface area contributed by atoms with Gasteiger partial charge in [-0.2, -0.15) is 0 Å². The molecule has 0 radical (unpaired) electrons. The van der Waals surface area contributed by atoms with E-state index < -0.39 is 5.41 Å². The normalized spacial score (nSPS) is 11.3. The molecular weight excluding hydrogens is 332 g/mol. The molecule has 0 saturated carbocycles. The number of hydrogen-bond acceptors (Lipinski definition) is 4. The first-order valence-corrected chi connectivity index (χ1v) is 8.88. The third-order valence-electron chi connectivity index (χ3n) is 3.74. The van der Waals surface area contributed by atoms with E-state index in [1.165, 1.54) is 0 Å². The van der Waals surface area contributed by atoms with E-state index in [1.54, 1.807) is 23.5 Å². The lowest BCUT2D eigenvalue weighted by atomic mass is 9.95. The molecule has 0 aliphatic heterocycles. The maximum Gasteiger partial charge on any atom is 0.229 e. The summed E-state index contributed by atoms with van der Waals surface area (Å²) in [6, 6.07) is 14.7. The van der Waals surface area contributed by atoms with Crippen LogP contribution in [0.25, 0.3) is 21.8 Å². The molecule has 5 heteroatoms. The van der Waals surface area contributed by atoms with Crippen LogP contribution < -0.4 is 5.32 Å². The first-order chi connectivity index (χ1) is 11.8. The topological polar surface area (TPSA) is 62.2 Å². The number of benzene rings is 2. The summed E-state index contributed by atoms with van der Waals surface area (Å²) >= 11 is 1.56. The van der Waals surface area contributed by atoms with Crippen molar-refractivity contribution in [1.82, 2.24) is 4.98 Å². The van der Waals surface area contributed by atoms with Crippen molar-refractivity contribution in [3.05, 3.63) is 53.9 Å². The number of anilines is 1.